The van der Waals surface area contributed by atoms with E-state index in [1.807, 2.05) is 40.1 Å². The van der Waals surface area contributed by atoms with Crippen LogP contribution in [-0.4, -0.2) is 19.2 Å². The zero-order valence-electron chi connectivity index (χ0n) is 17.7. The largest absolute Gasteiger partial charge is 0.273 e. The fraction of sp³-hybridized carbons (Fsp3) is 0.208. The van der Waals surface area contributed by atoms with Crippen LogP contribution in [0.25, 0.3) is 16.0 Å². The maximum atomic E-state index is 13.3. The molecule has 8 heteroatoms. The summed E-state index contributed by atoms with van der Waals surface area (Å²) in [5.74, 6) is 1.74. The molecule has 0 aliphatic rings. The Morgan fingerprint density at radius 3 is 2.62 bits per heavy atom. The number of hydrogen-bond acceptors (Lipinski definition) is 5. The van der Waals surface area contributed by atoms with Crippen LogP contribution in [0.3, 0.4) is 0 Å². The second-order valence-electron chi connectivity index (χ2n) is 7.96. The average Bonchev–Trinajstić information content (AvgIpc) is 3.43. The molecule has 5 aromatic rings. The van der Waals surface area contributed by atoms with Crippen molar-refractivity contribution < 1.29 is 0 Å². The first kappa shape index (κ1) is 21.2. The Morgan fingerprint density at radius 1 is 1.06 bits per heavy atom. The van der Waals surface area contributed by atoms with Gasteiger partial charge in [0.25, 0.3) is 5.56 Å². The molecule has 0 atom stereocenters. The minimum Gasteiger partial charge on any atom is -0.271 e. The van der Waals surface area contributed by atoms with Gasteiger partial charge in [-0.25, -0.2) is 0 Å². The summed E-state index contributed by atoms with van der Waals surface area (Å²) in [6.45, 7) is 4.80. The summed E-state index contributed by atoms with van der Waals surface area (Å²) in [5, 5.41) is 12.3. The molecule has 0 saturated carbocycles. The SMILES string of the molecule is CC(C)c1ccc(Cn2c(=O)c3sccc3n3c(SCc4cccc(Cl)c4)nnc23)cc1. The lowest BCUT2D eigenvalue weighted by Gasteiger charge is -2.11. The predicted molar refractivity (Wildman–Crippen MR) is 133 cm³/mol. The standard InChI is InChI=1S/C24H21ClN4OS2/c1-15(2)18-8-6-16(7-9-18)13-28-22(30)21-20(10-11-31-21)29-23(28)26-27-24(29)32-14-17-4-3-5-19(25)12-17/h3-12,15H,13-14H2,1-2H3. The van der Waals surface area contributed by atoms with E-state index in [2.05, 4.69) is 48.3 Å². The van der Waals surface area contributed by atoms with Crippen LogP contribution in [0.2, 0.25) is 5.02 Å². The molecule has 3 aromatic heterocycles. The summed E-state index contributed by atoms with van der Waals surface area (Å²) in [4.78, 5) is 13.3. The maximum Gasteiger partial charge on any atom is 0.273 e. The van der Waals surface area contributed by atoms with Crippen molar-refractivity contribution in [2.75, 3.05) is 0 Å². The van der Waals surface area contributed by atoms with Crippen LogP contribution in [0.15, 0.2) is 69.9 Å². The Kier molecular flexibility index (Phi) is 5.80. The molecule has 0 unspecified atom stereocenters. The Balaban J connectivity index is 1.56. The number of fused-ring (bicyclic) bond motifs is 3. The molecule has 0 amide bonds. The summed E-state index contributed by atoms with van der Waals surface area (Å²) in [6, 6.07) is 18.2. The second kappa shape index (κ2) is 8.73. The van der Waals surface area contributed by atoms with E-state index in [1.54, 1.807) is 16.3 Å². The molecule has 0 aliphatic heterocycles. The number of benzene rings is 2. The van der Waals surface area contributed by atoms with Gasteiger partial charge in [-0.3, -0.25) is 13.8 Å². The molecule has 0 fully saturated rings. The molecular weight excluding hydrogens is 460 g/mol. The summed E-state index contributed by atoms with van der Waals surface area (Å²) < 4.78 is 4.42. The molecule has 3 heterocycles. The normalized spacial score (nSPS) is 11.8. The van der Waals surface area contributed by atoms with Crippen molar-refractivity contribution in [2.24, 2.45) is 0 Å². The van der Waals surface area contributed by atoms with E-state index < -0.39 is 0 Å². The third kappa shape index (κ3) is 3.96. The molecule has 0 bridgehead atoms. The first-order chi connectivity index (χ1) is 15.5. The van der Waals surface area contributed by atoms with Crippen LogP contribution < -0.4 is 5.56 Å². The van der Waals surface area contributed by atoms with Gasteiger partial charge in [0, 0.05) is 10.8 Å². The van der Waals surface area contributed by atoms with Crippen molar-refractivity contribution in [3.63, 3.8) is 0 Å². The Labute approximate surface area is 198 Å². The predicted octanol–water partition coefficient (Wildman–Crippen LogP) is 6.22. The smallest absolute Gasteiger partial charge is 0.271 e. The highest BCUT2D eigenvalue weighted by Gasteiger charge is 2.18. The third-order valence-corrected chi connectivity index (χ3v) is 7.55. The van der Waals surface area contributed by atoms with Gasteiger partial charge in [-0.05, 0) is 46.2 Å². The average molecular weight is 481 g/mol. The summed E-state index contributed by atoms with van der Waals surface area (Å²) in [6.07, 6.45) is 0. The Morgan fingerprint density at radius 2 is 1.88 bits per heavy atom. The minimum absolute atomic E-state index is 0.0331. The van der Waals surface area contributed by atoms with Gasteiger partial charge in [-0.2, -0.15) is 0 Å². The van der Waals surface area contributed by atoms with Gasteiger partial charge in [-0.15, -0.1) is 21.5 Å². The number of hydrogen-bond donors (Lipinski definition) is 0. The molecule has 2 aromatic carbocycles. The molecule has 5 rings (SSSR count). The molecule has 0 spiro atoms. The molecule has 32 heavy (non-hydrogen) atoms. The van der Waals surface area contributed by atoms with Crippen LogP contribution >= 0.6 is 34.7 Å². The van der Waals surface area contributed by atoms with Gasteiger partial charge in [0.2, 0.25) is 5.78 Å². The van der Waals surface area contributed by atoms with E-state index >= 15 is 0 Å². The summed E-state index contributed by atoms with van der Waals surface area (Å²) in [5.41, 5.74) is 4.26. The van der Waals surface area contributed by atoms with E-state index in [9.17, 15) is 4.79 Å². The van der Waals surface area contributed by atoms with Crippen LogP contribution in [0.4, 0.5) is 0 Å². The Bertz CT molecular complexity index is 1470. The molecule has 162 valence electrons. The molecule has 0 aliphatic carbocycles. The van der Waals surface area contributed by atoms with Crippen molar-refractivity contribution in [2.45, 2.75) is 37.2 Å². The van der Waals surface area contributed by atoms with Gasteiger partial charge in [0.15, 0.2) is 5.16 Å². The topological polar surface area (TPSA) is 52.2 Å². The fourth-order valence-corrected chi connectivity index (χ4v) is 5.62. The lowest BCUT2D eigenvalue weighted by atomic mass is 10.0. The number of thioether (sulfide) groups is 1. The molecule has 0 N–H and O–H groups in total. The molecule has 5 nitrogen and oxygen atoms in total. The maximum absolute atomic E-state index is 13.3. The van der Waals surface area contributed by atoms with Crippen molar-refractivity contribution >= 4 is 50.7 Å². The van der Waals surface area contributed by atoms with E-state index in [1.165, 1.54) is 16.9 Å². The molecule has 0 saturated heterocycles. The number of thiophene rings is 1. The van der Waals surface area contributed by atoms with E-state index in [0.717, 1.165) is 21.8 Å². The highest BCUT2D eigenvalue weighted by atomic mass is 35.5. The Hall–Kier alpha value is -2.61. The van der Waals surface area contributed by atoms with E-state index in [0.29, 0.717) is 33.7 Å². The number of aromatic nitrogens is 4. The summed E-state index contributed by atoms with van der Waals surface area (Å²) >= 11 is 9.16. The highest BCUT2D eigenvalue weighted by Crippen LogP contribution is 2.27. The first-order valence-corrected chi connectivity index (χ1v) is 12.6. The van der Waals surface area contributed by atoms with Gasteiger partial charge < -0.3 is 0 Å². The van der Waals surface area contributed by atoms with Gasteiger partial charge in [-0.1, -0.05) is 73.6 Å². The first-order valence-electron chi connectivity index (χ1n) is 10.3. The van der Waals surface area contributed by atoms with E-state index in [4.69, 9.17) is 11.6 Å². The lowest BCUT2D eigenvalue weighted by molar-refractivity contribution is 0.764. The van der Waals surface area contributed by atoms with Crippen LogP contribution in [0.1, 0.15) is 36.5 Å². The van der Waals surface area contributed by atoms with Crippen molar-refractivity contribution in [1.82, 2.24) is 19.2 Å². The summed E-state index contributed by atoms with van der Waals surface area (Å²) in [7, 11) is 0. The molecular formula is C24H21ClN4OS2. The number of rotatable bonds is 6. The van der Waals surface area contributed by atoms with Gasteiger partial charge in [0.05, 0.1) is 12.1 Å². The van der Waals surface area contributed by atoms with Crippen LogP contribution in [0, 0.1) is 0 Å². The minimum atomic E-state index is -0.0331. The van der Waals surface area contributed by atoms with Gasteiger partial charge >= 0.3 is 0 Å². The third-order valence-electron chi connectivity index (χ3n) is 5.43. The quantitative estimate of drug-likeness (QED) is 0.270. The highest BCUT2D eigenvalue weighted by molar-refractivity contribution is 7.98. The second-order valence-corrected chi connectivity index (χ2v) is 10.3. The number of nitrogens with zero attached hydrogens (tertiary/aromatic N) is 4. The monoisotopic (exact) mass is 480 g/mol. The zero-order chi connectivity index (χ0) is 22.2. The van der Waals surface area contributed by atoms with Crippen LogP contribution in [-0.2, 0) is 12.3 Å². The number of halogens is 1. The lowest BCUT2D eigenvalue weighted by Crippen LogP contribution is -2.23. The van der Waals surface area contributed by atoms with Gasteiger partial charge in [0.1, 0.15) is 4.70 Å². The fourth-order valence-electron chi connectivity index (χ4n) is 3.70. The van der Waals surface area contributed by atoms with Crippen LogP contribution in [0.5, 0.6) is 0 Å². The zero-order valence-corrected chi connectivity index (χ0v) is 20.0. The van der Waals surface area contributed by atoms with Crippen molar-refractivity contribution in [3.05, 3.63) is 92.0 Å². The van der Waals surface area contributed by atoms with Crippen molar-refractivity contribution in [3.8, 4) is 0 Å². The molecule has 0 radical (unpaired) electrons. The van der Waals surface area contributed by atoms with E-state index in [-0.39, 0.29) is 5.56 Å². The van der Waals surface area contributed by atoms with Crippen molar-refractivity contribution in [1.29, 1.82) is 0 Å².